The first-order chi connectivity index (χ1) is 18.7. The highest BCUT2D eigenvalue weighted by atomic mass is 16.5. The van der Waals surface area contributed by atoms with E-state index in [0.29, 0.717) is 24.0 Å². The number of carbonyl (C=O) groups excluding carboxylic acids is 1. The molecule has 1 unspecified atom stereocenters. The Morgan fingerprint density at radius 1 is 0.947 bits per heavy atom. The number of rotatable bonds is 8. The van der Waals surface area contributed by atoms with E-state index in [4.69, 9.17) is 9.72 Å². The lowest BCUT2D eigenvalue weighted by molar-refractivity contribution is 0.0937. The molecule has 1 saturated heterocycles. The van der Waals surface area contributed by atoms with Gasteiger partial charge in [-0.3, -0.25) is 4.79 Å². The Morgan fingerprint density at radius 3 is 2.39 bits per heavy atom. The van der Waals surface area contributed by atoms with Crippen LogP contribution in [0.5, 0.6) is 5.75 Å². The molecule has 1 aromatic heterocycles. The van der Waals surface area contributed by atoms with Gasteiger partial charge in [-0.1, -0.05) is 48.5 Å². The smallest absolute Gasteiger partial charge is 0.252 e. The minimum absolute atomic E-state index is 0.00157. The minimum atomic E-state index is 0.00157. The standard InChI is InChI=1S/C33H35N3O2/c1-2-38-28-14-12-24(13-15-28)32-20-30(29-10-6-7-11-31(29)35-32)33(37)34-27-18-25-21-36(22-26(25)19-27)17-16-23-8-4-3-5-9-23/h3-15,20,25-27H,2,16-19,21-22H2,1H3,(H,34,37)/t25-,26+,27?. The number of fused-ring (bicyclic) bond motifs is 2. The number of carbonyl (C=O) groups is 1. The molecule has 1 aliphatic heterocycles. The van der Waals surface area contributed by atoms with E-state index in [-0.39, 0.29) is 11.9 Å². The summed E-state index contributed by atoms with van der Waals surface area (Å²) in [5.74, 6) is 2.18. The van der Waals surface area contributed by atoms with Crippen molar-refractivity contribution in [1.82, 2.24) is 15.2 Å². The summed E-state index contributed by atoms with van der Waals surface area (Å²) in [6.45, 7) is 6.01. The van der Waals surface area contributed by atoms with Crippen LogP contribution < -0.4 is 10.1 Å². The molecule has 5 nitrogen and oxygen atoms in total. The lowest BCUT2D eigenvalue weighted by atomic mass is 10.0. The second kappa shape index (κ2) is 11.0. The average Bonchev–Trinajstić information content (AvgIpc) is 3.50. The third-order valence-electron chi connectivity index (χ3n) is 8.14. The van der Waals surface area contributed by atoms with Crippen LogP contribution in [-0.4, -0.2) is 48.1 Å². The van der Waals surface area contributed by atoms with Gasteiger partial charge in [0.1, 0.15) is 5.75 Å². The summed E-state index contributed by atoms with van der Waals surface area (Å²) in [5.41, 5.74) is 4.71. The fourth-order valence-electron chi connectivity index (χ4n) is 6.29. The molecule has 2 aliphatic rings. The molecule has 6 rings (SSSR count). The van der Waals surface area contributed by atoms with Crippen LogP contribution >= 0.6 is 0 Å². The molecule has 4 aromatic rings. The summed E-state index contributed by atoms with van der Waals surface area (Å²) >= 11 is 0. The zero-order chi connectivity index (χ0) is 25.9. The normalized spacial score (nSPS) is 20.9. The first-order valence-electron chi connectivity index (χ1n) is 13.9. The van der Waals surface area contributed by atoms with Crippen LogP contribution in [0.3, 0.4) is 0 Å². The number of para-hydroxylation sites is 1. The van der Waals surface area contributed by atoms with Crippen molar-refractivity contribution in [3.8, 4) is 17.0 Å². The third-order valence-corrected chi connectivity index (χ3v) is 8.14. The Morgan fingerprint density at radius 2 is 1.66 bits per heavy atom. The van der Waals surface area contributed by atoms with E-state index >= 15 is 0 Å². The largest absolute Gasteiger partial charge is 0.494 e. The molecule has 2 heterocycles. The van der Waals surface area contributed by atoms with Crippen LogP contribution in [0.2, 0.25) is 0 Å². The quantitative estimate of drug-likeness (QED) is 0.320. The maximum absolute atomic E-state index is 13.6. The monoisotopic (exact) mass is 505 g/mol. The number of hydrogen-bond donors (Lipinski definition) is 1. The van der Waals surface area contributed by atoms with Gasteiger partial charge >= 0.3 is 0 Å². The van der Waals surface area contributed by atoms with E-state index < -0.39 is 0 Å². The van der Waals surface area contributed by atoms with E-state index in [9.17, 15) is 4.79 Å². The highest BCUT2D eigenvalue weighted by Gasteiger charge is 2.41. The number of aromatic nitrogens is 1. The molecule has 0 bridgehead atoms. The Kier molecular flexibility index (Phi) is 7.10. The Labute approximate surface area is 224 Å². The van der Waals surface area contributed by atoms with Crippen LogP contribution in [0, 0.1) is 11.8 Å². The molecule has 194 valence electrons. The highest BCUT2D eigenvalue weighted by Crippen LogP contribution is 2.38. The number of pyridine rings is 1. The van der Waals surface area contributed by atoms with Gasteiger partial charge in [-0.2, -0.15) is 0 Å². The number of hydrogen-bond acceptors (Lipinski definition) is 4. The van der Waals surface area contributed by atoms with E-state index in [0.717, 1.165) is 66.8 Å². The van der Waals surface area contributed by atoms with Crippen molar-refractivity contribution in [1.29, 1.82) is 0 Å². The molecule has 1 aliphatic carbocycles. The zero-order valence-electron chi connectivity index (χ0n) is 22.0. The predicted molar refractivity (Wildman–Crippen MR) is 152 cm³/mol. The Balaban J connectivity index is 1.13. The fourth-order valence-corrected chi connectivity index (χ4v) is 6.29. The fraction of sp³-hybridized carbons (Fsp3) is 0.333. The Hall–Kier alpha value is -3.70. The molecule has 1 amide bonds. The van der Waals surface area contributed by atoms with Crippen LogP contribution in [-0.2, 0) is 6.42 Å². The van der Waals surface area contributed by atoms with Crippen LogP contribution in [0.25, 0.3) is 22.2 Å². The van der Waals surface area contributed by atoms with Gasteiger partial charge in [0.25, 0.3) is 5.91 Å². The number of benzene rings is 3. The summed E-state index contributed by atoms with van der Waals surface area (Å²) in [6.07, 6.45) is 3.23. The molecule has 3 aromatic carbocycles. The van der Waals surface area contributed by atoms with Crippen LogP contribution in [0.15, 0.2) is 84.9 Å². The van der Waals surface area contributed by atoms with E-state index in [1.54, 1.807) is 0 Å². The molecular formula is C33H35N3O2. The SMILES string of the molecule is CCOc1ccc(-c2cc(C(=O)NC3C[C@@H]4CN(CCc5ccccc5)C[C@@H]4C3)c3ccccc3n2)cc1. The zero-order valence-corrected chi connectivity index (χ0v) is 22.0. The van der Waals surface area contributed by atoms with Crippen molar-refractivity contribution >= 4 is 16.8 Å². The first-order valence-corrected chi connectivity index (χ1v) is 13.9. The van der Waals surface area contributed by atoms with Gasteiger partial charge in [-0.25, -0.2) is 4.98 Å². The van der Waals surface area contributed by atoms with Gasteiger partial charge < -0.3 is 15.0 Å². The number of nitrogens with one attached hydrogen (secondary N) is 1. The van der Waals surface area contributed by atoms with E-state index in [2.05, 4.69) is 40.5 Å². The van der Waals surface area contributed by atoms with Crippen molar-refractivity contribution < 1.29 is 9.53 Å². The molecule has 0 spiro atoms. The molecule has 1 N–H and O–H groups in total. The molecular weight excluding hydrogens is 470 g/mol. The van der Waals surface area contributed by atoms with Crippen molar-refractivity contribution in [2.45, 2.75) is 32.2 Å². The molecule has 38 heavy (non-hydrogen) atoms. The number of amides is 1. The number of nitrogens with zero attached hydrogens (tertiary/aromatic N) is 2. The van der Waals surface area contributed by atoms with Gasteiger partial charge in [0.05, 0.1) is 23.4 Å². The van der Waals surface area contributed by atoms with Gasteiger partial charge in [0.2, 0.25) is 0 Å². The van der Waals surface area contributed by atoms with Crippen molar-refractivity contribution in [3.63, 3.8) is 0 Å². The molecule has 2 fully saturated rings. The summed E-state index contributed by atoms with van der Waals surface area (Å²) in [5, 5.41) is 4.28. The topological polar surface area (TPSA) is 54.5 Å². The summed E-state index contributed by atoms with van der Waals surface area (Å²) < 4.78 is 5.59. The summed E-state index contributed by atoms with van der Waals surface area (Å²) in [7, 11) is 0. The Bertz CT molecular complexity index is 1390. The number of ether oxygens (including phenoxy) is 1. The lowest BCUT2D eigenvalue weighted by Gasteiger charge is -2.20. The van der Waals surface area contributed by atoms with E-state index in [1.807, 2.05) is 61.5 Å². The second-order valence-corrected chi connectivity index (χ2v) is 10.7. The molecule has 0 radical (unpaired) electrons. The van der Waals surface area contributed by atoms with Crippen molar-refractivity contribution in [2.75, 3.05) is 26.2 Å². The molecule has 5 heteroatoms. The lowest BCUT2D eigenvalue weighted by Crippen LogP contribution is -2.35. The molecule has 3 atom stereocenters. The predicted octanol–water partition coefficient (Wildman–Crippen LogP) is 5.98. The first kappa shape index (κ1) is 24.6. The third kappa shape index (κ3) is 5.30. The maximum Gasteiger partial charge on any atom is 0.252 e. The van der Waals surface area contributed by atoms with Gasteiger partial charge in [-0.05, 0) is 80.0 Å². The number of likely N-dealkylation sites (tertiary alicyclic amines) is 1. The van der Waals surface area contributed by atoms with E-state index in [1.165, 1.54) is 5.56 Å². The highest BCUT2D eigenvalue weighted by molar-refractivity contribution is 6.07. The minimum Gasteiger partial charge on any atom is -0.494 e. The van der Waals surface area contributed by atoms with Gasteiger partial charge in [-0.15, -0.1) is 0 Å². The van der Waals surface area contributed by atoms with Crippen LogP contribution in [0.1, 0.15) is 35.7 Å². The van der Waals surface area contributed by atoms with Crippen LogP contribution in [0.4, 0.5) is 0 Å². The summed E-state index contributed by atoms with van der Waals surface area (Å²) in [6, 6.07) is 28.8. The van der Waals surface area contributed by atoms with Crippen molar-refractivity contribution in [3.05, 3.63) is 96.1 Å². The molecule has 1 saturated carbocycles. The maximum atomic E-state index is 13.6. The second-order valence-electron chi connectivity index (χ2n) is 10.7. The average molecular weight is 506 g/mol. The van der Waals surface area contributed by atoms with Gasteiger partial charge in [0, 0.05) is 36.6 Å². The van der Waals surface area contributed by atoms with Gasteiger partial charge in [0.15, 0.2) is 0 Å². The van der Waals surface area contributed by atoms with Crippen molar-refractivity contribution in [2.24, 2.45) is 11.8 Å². The summed E-state index contributed by atoms with van der Waals surface area (Å²) in [4.78, 5) is 21.1.